The van der Waals surface area contributed by atoms with E-state index in [0.717, 1.165) is 0 Å². The normalized spacial score (nSPS) is 11.4. The van der Waals surface area contributed by atoms with E-state index in [1.165, 1.54) is 0 Å². The van der Waals surface area contributed by atoms with Crippen molar-refractivity contribution >= 4 is 28.9 Å². The summed E-state index contributed by atoms with van der Waals surface area (Å²) in [5.41, 5.74) is 6.42. The molecule has 20 heavy (non-hydrogen) atoms. The van der Waals surface area contributed by atoms with Crippen molar-refractivity contribution in [2.75, 3.05) is 31.4 Å². The molecule has 1 aromatic rings. The molecule has 0 heterocycles. The second-order valence-corrected chi connectivity index (χ2v) is 5.46. The maximum absolute atomic E-state index is 11.7. The summed E-state index contributed by atoms with van der Waals surface area (Å²) in [6.07, 6.45) is 0.713. The quantitative estimate of drug-likeness (QED) is 0.600. The van der Waals surface area contributed by atoms with Gasteiger partial charge in [-0.05, 0) is 38.5 Å². The van der Waals surface area contributed by atoms with Crippen LogP contribution in [0.2, 0.25) is 5.02 Å². The number of nitrogen functional groups attached to an aromatic ring is 1. The van der Waals surface area contributed by atoms with Crippen LogP contribution in [0.15, 0.2) is 18.2 Å². The van der Waals surface area contributed by atoms with Gasteiger partial charge in [-0.2, -0.15) is 0 Å². The number of methoxy groups -OCH3 is 1. The van der Waals surface area contributed by atoms with Crippen LogP contribution in [0.4, 0.5) is 11.4 Å². The molecule has 0 atom stereocenters. The number of rotatable bonds is 7. The number of nitrogens with two attached hydrogens (primary N) is 1. The van der Waals surface area contributed by atoms with Gasteiger partial charge < -0.3 is 20.5 Å². The molecule has 0 aliphatic heterocycles. The zero-order valence-corrected chi connectivity index (χ0v) is 12.8. The molecule has 0 spiro atoms. The maximum Gasteiger partial charge on any atom is 0.250 e. The Hall–Kier alpha value is -1.30. The lowest BCUT2D eigenvalue weighted by molar-refractivity contribution is -0.121. The van der Waals surface area contributed by atoms with E-state index in [0.29, 0.717) is 29.4 Å². The van der Waals surface area contributed by atoms with E-state index < -0.39 is 0 Å². The number of carbonyl (C=O) groups is 1. The monoisotopic (exact) mass is 300 g/mol. The third-order valence-corrected chi connectivity index (χ3v) is 3.26. The predicted octanol–water partition coefficient (Wildman–Crippen LogP) is 2.69. The van der Waals surface area contributed by atoms with Crippen molar-refractivity contribution in [2.24, 2.45) is 0 Å². The molecule has 0 radical (unpaired) electrons. The van der Waals surface area contributed by atoms with Crippen LogP contribution in [0, 0.1) is 0 Å². The molecule has 1 aromatic carbocycles. The van der Waals surface area contributed by atoms with E-state index in [1.54, 1.807) is 25.3 Å². The zero-order chi connectivity index (χ0) is 15.2. The number of halogens is 1. The highest BCUT2D eigenvalue weighted by molar-refractivity contribution is 6.33. The molecule has 6 heteroatoms. The van der Waals surface area contributed by atoms with Gasteiger partial charge in [-0.1, -0.05) is 11.6 Å². The third-order valence-electron chi connectivity index (χ3n) is 2.91. The van der Waals surface area contributed by atoms with Gasteiger partial charge in [0, 0.05) is 19.4 Å². The van der Waals surface area contributed by atoms with Gasteiger partial charge in [0.15, 0.2) is 0 Å². The first-order valence-electron chi connectivity index (χ1n) is 6.32. The second kappa shape index (κ2) is 7.47. The lowest BCUT2D eigenvalue weighted by atomic mass is 10.1. The van der Waals surface area contributed by atoms with Crippen LogP contribution in [-0.4, -0.2) is 31.8 Å². The highest BCUT2D eigenvalue weighted by Gasteiger charge is 2.15. The molecule has 0 unspecified atom stereocenters. The fourth-order valence-corrected chi connectivity index (χ4v) is 1.52. The maximum atomic E-state index is 11.7. The SMILES string of the molecule is COC(C)(C)CCOCC(=O)Nc1ccc(Cl)c(N)c1. The Morgan fingerprint density at radius 3 is 2.75 bits per heavy atom. The first-order valence-corrected chi connectivity index (χ1v) is 6.69. The number of ether oxygens (including phenoxy) is 2. The first-order chi connectivity index (χ1) is 9.34. The van der Waals surface area contributed by atoms with E-state index in [1.807, 2.05) is 13.8 Å². The zero-order valence-electron chi connectivity index (χ0n) is 12.0. The minimum atomic E-state index is -0.249. The first kappa shape index (κ1) is 16.8. The van der Waals surface area contributed by atoms with Crippen LogP contribution in [-0.2, 0) is 14.3 Å². The summed E-state index contributed by atoms with van der Waals surface area (Å²) in [5.74, 6) is -0.234. The molecule has 112 valence electrons. The average Bonchev–Trinajstić information content (AvgIpc) is 2.39. The Kier molecular flexibility index (Phi) is 6.26. The molecule has 1 rings (SSSR count). The summed E-state index contributed by atoms with van der Waals surface area (Å²) >= 11 is 5.80. The molecule has 0 aliphatic carbocycles. The van der Waals surface area contributed by atoms with Gasteiger partial charge in [0.2, 0.25) is 5.91 Å². The lowest BCUT2D eigenvalue weighted by Gasteiger charge is -2.22. The number of amides is 1. The third kappa shape index (κ3) is 5.77. The van der Waals surface area contributed by atoms with Gasteiger partial charge in [0.25, 0.3) is 0 Å². The summed E-state index contributed by atoms with van der Waals surface area (Å²) in [7, 11) is 1.65. The topological polar surface area (TPSA) is 73.6 Å². The molecule has 0 saturated carbocycles. The summed E-state index contributed by atoms with van der Waals surface area (Å²) in [6.45, 7) is 4.37. The molecular formula is C14H21ClN2O3. The van der Waals surface area contributed by atoms with Crippen LogP contribution >= 0.6 is 11.6 Å². The van der Waals surface area contributed by atoms with Crippen LogP contribution in [0.1, 0.15) is 20.3 Å². The van der Waals surface area contributed by atoms with Crippen LogP contribution in [0.25, 0.3) is 0 Å². The second-order valence-electron chi connectivity index (χ2n) is 5.05. The van der Waals surface area contributed by atoms with Gasteiger partial charge in [-0.15, -0.1) is 0 Å². The highest BCUT2D eigenvalue weighted by Crippen LogP contribution is 2.22. The summed E-state index contributed by atoms with van der Waals surface area (Å²) < 4.78 is 10.6. The highest BCUT2D eigenvalue weighted by atomic mass is 35.5. The van der Waals surface area contributed by atoms with Crippen LogP contribution in [0.3, 0.4) is 0 Å². The van der Waals surface area contributed by atoms with Crippen molar-refractivity contribution in [3.05, 3.63) is 23.2 Å². The Labute approximate surface area is 124 Å². The Bertz CT molecular complexity index is 464. The lowest BCUT2D eigenvalue weighted by Crippen LogP contribution is -2.26. The van der Waals surface area contributed by atoms with Gasteiger partial charge in [0.05, 0.1) is 16.3 Å². The number of carbonyl (C=O) groups excluding carboxylic acids is 1. The van der Waals surface area contributed by atoms with Crippen LogP contribution in [0.5, 0.6) is 0 Å². The molecular weight excluding hydrogens is 280 g/mol. The number of hydrogen-bond donors (Lipinski definition) is 2. The Morgan fingerprint density at radius 2 is 2.15 bits per heavy atom. The van der Waals surface area contributed by atoms with Gasteiger partial charge >= 0.3 is 0 Å². The standard InChI is InChI=1S/C14H21ClN2O3/c1-14(2,19-3)6-7-20-9-13(18)17-10-4-5-11(15)12(16)8-10/h4-5,8H,6-7,9,16H2,1-3H3,(H,17,18). The van der Waals surface area contributed by atoms with Crippen molar-refractivity contribution in [3.8, 4) is 0 Å². The molecule has 0 fully saturated rings. The van der Waals surface area contributed by atoms with Gasteiger partial charge in [0.1, 0.15) is 6.61 Å². The van der Waals surface area contributed by atoms with E-state index >= 15 is 0 Å². The average molecular weight is 301 g/mol. The smallest absolute Gasteiger partial charge is 0.250 e. The Morgan fingerprint density at radius 1 is 1.45 bits per heavy atom. The van der Waals surface area contributed by atoms with E-state index in [9.17, 15) is 4.79 Å². The number of anilines is 2. The van der Waals surface area contributed by atoms with Gasteiger partial charge in [-0.3, -0.25) is 4.79 Å². The summed E-state index contributed by atoms with van der Waals surface area (Å²) in [5, 5.41) is 3.15. The fourth-order valence-electron chi connectivity index (χ4n) is 1.40. The van der Waals surface area contributed by atoms with E-state index in [-0.39, 0.29) is 18.1 Å². The van der Waals surface area contributed by atoms with Crippen molar-refractivity contribution < 1.29 is 14.3 Å². The van der Waals surface area contributed by atoms with E-state index in [4.69, 9.17) is 26.8 Å². The largest absolute Gasteiger partial charge is 0.397 e. The summed E-state index contributed by atoms with van der Waals surface area (Å²) in [6, 6.07) is 4.92. The minimum Gasteiger partial charge on any atom is -0.397 e. The minimum absolute atomic E-state index is 0.0116. The summed E-state index contributed by atoms with van der Waals surface area (Å²) in [4.78, 5) is 11.7. The van der Waals surface area contributed by atoms with Crippen molar-refractivity contribution in [1.82, 2.24) is 0 Å². The van der Waals surface area contributed by atoms with E-state index in [2.05, 4.69) is 5.32 Å². The molecule has 3 N–H and O–H groups in total. The molecule has 1 amide bonds. The van der Waals surface area contributed by atoms with Crippen LogP contribution < -0.4 is 11.1 Å². The van der Waals surface area contributed by atoms with Crippen molar-refractivity contribution in [3.63, 3.8) is 0 Å². The number of nitrogens with one attached hydrogen (secondary N) is 1. The molecule has 5 nitrogen and oxygen atoms in total. The molecule has 0 aromatic heterocycles. The molecule has 0 aliphatic rings. The van der Waals surface area contributed by atoms with Crippen molar-refractivity contribution in [1.29, 1.82) is 0 Å². The number of hydrogen-bond acceptors (Lipinski definition) is 4. The Balaban J connectivity index is 2.32. The molecule has 0 bridgehead atoms. The fraction of sp³-hybridized carbons (Fsp3) is 0.500. The predicted molar refractivity (Wildman–Crippen MR) is 81.0 cm³/mol. The molecule has 0 saturated heterocycles. The number of benzene rings is 1. The van der Waals surface area contributed by atoms with Gasteiger partial charge in [-0.25, -0.2) is 0 Å². The van der Waals surface area contributed by atoms with Crippen molar-refractivity contribution in [2.45, 2.75) is 25.9 Å².